The standard InChI is InChI=1S/C30H30N2O6S/c33-26-14-8-7-13-22(26)24-15-16-25(28(35)31-23(29(36)37)19-20-9-3-1-4-10-20)32(24)27(34)17-18-39-30(38)21-11-5-2-6-12-21/h1-14,23-25,33H,15-19H2,(H,31,35)(H,36,37)/t23?,24?,25-/m0/s1. The molecule has 8 nitrogen and oxygen atoms in total. The lowest BCUT2D eigenvalue weighted by atomic mass is 10.0. The third-order valence-electron chi connectivity index (χ3n) is 6.73. The van der Waals surface area contributed by atoms with Crippen LogP contribution < -0.4 is 5.32 Å². The van der Waals surface area contributed by atoms with Crippen molar-refractivity contribution in [3.05, 3.63) is 102 Å². The van der Waals surface area contributed by atoms with Crippen LogP contribution in [0.25, 0.3) is 0 Å². The van der Waals surface area contributed by atoms with Crippen molar-refractivity contribution >= 4 is 34.7 Å². The summed E-state index contributed by atoms with van der Waals surface area (Å²) in [4.78, 5) is 52.8. The van der Waals surface area contributed by atoms with Crippen molar-refractivity contribution in [1.82, 2.24) is 10.2 Å². The van der Waals surface area contributed by atoms with Gasteiger partial charge in [0, 0.05) is 29.7 Å². The smallest absolute Gasteiger partial charge is 0.326 e. The molecule has 0 aromatic heterocycles. The molecule has 202 valence electrons. The summed E-state index contributed by atoms with van der Waals surface area (Å²) in [7, 11) is 0. The molecule has 1 heterocycles. The number of rotatable bonds is 10. The Morgan fingerprint density at radius 1 is 0.897 bits per heavy atom. The summed E-state index contributed by atoms with van der Waals surface area (Å²) in [5.41, 5.74) is 1.82. The molecule has 0 radical (unpaired) electrons. The number of carbonyl (C=O) groups excluding carboxylic acids is 3. The number of phenols is 1. The Bertz CT molecular complexity index is 1320. The van der Waals surface area contributed by atoms with Crippen LogP contribution in [0, 0.1) is 0 Å². The zero-order valence-corrected chi connectivity index (χ0v) is 22.0. The van der Waals surface area contributed by atoms with Crippen LogP contribution in [0.4, 0.5) is 0 Å². The molecule has 1 saturated heterocycles. The maximum absolute atomic E-state index is 13.5. The van der Waals surface area contributed by atoms with Crippen LogP contribution in [-0.2, 0) is 20.8 Å². The van der Waals surface area contributed by atoms with Gasteiger partial charge in [0.25, 0.3) is 0 Å². The Labute approximate surface area is 231 Å². The lowest BCUT2D eigenvalue weighted by Gasteiger charge is -2.31. The number of phenolic OH excluding ortho intramolecular Hbond substituents is 1. The number of likely N-dealkylation sites (tertiary alicyclic amines) is 1. The first-order chi connectivity index (χ1) is 18.8. The van der Waals surface area contributed by atoms with E-state index in [4.69, 9.17) is 0 Å². The molecule has 3 N–H and O–H groups in total. The Morgan fingerprint density at radius 3 is 2.21 bits per heavy atom. The highest BCUT2D eigenvalue weighted by Crippen LogP contribution is 2.40. The molecule has 1 aliphatic heterocycles. The number of aliphatic carboxylic acids is 1. The van der Waals surface area contributed by atoms with E-state index in [9.17, 15) is 29.4 Å². The van der Waals surface area contributed by atoms with Gasteiger partial charge in [-0.1, -0.05) is 90.6 Å². The van der Waals surface area contributed by atoms with Gasteiger partial charge in [0.1, 0.15) is 17.8 Å². The van der Waals surface area contributed by atoms with E-state index >= 15 is 0 Å². The molecule has 2 amide bonds. The van der Waals surface area contributed by atoms with Gasteiger partial charge >= 0.3 is 5.97 Å². The predicted molar refractivity (Wildman–Crippen MR) is 148 cm³/mol. The summed E-state index contributed by atoms with van der Waals surface area (Å²) in [5, 5.41) is 22.7. The van der Waals surface area contributed by atoms with Gasteiger partial charge in [-0.15, -0.1) is 0 Å². The molecule has 3 aromatic rings. The highest BCUT2D eigenvalue weighted by Gasteiger charge is 2.43. The average Bonchev–Trinajstić information content (AvgIpc) is 3.39. The number of benzene rings is 3. The fourth-order valence-electron chi connectivity index (χ4n) is 4.83. The van der Waals surface area contributed by atoms with E-state index in [-0.39, 0.29) is 35.4 Å². The summed E-state index contributed by atoms with van der Waals surface area (Å²) in [6.07, 6.45) is 0.839. The summed E-state index contributed by atoms with van der Waals surface area (Å²) in [5.74, 6) is -1.84. The van der Waals surface area contributed by atoms with E-state index in [0.29, 0.717) is 24.0 Å². The van der Waals surface area contributed by atoms with Crippen molar-refractivity contribution < 1.29 is 29.4 Å². The van der Waals surface area contributed by atoms with Crippen molar-refractivity contribution in [2.24, 2.45) is 0 Å². The highest BCUT2D eigenvalue weighted by atomic mass is 32.2. The number of amides is 2. The second-order valence-electron chi connectivity index (χ2n) is 9.31. The molecule has 39 heavy (non-hydrogen) atoms. The molecule has 1 aliphatic rings. The average molecular weight is 547 g/mol. The molecule has 0 aliphatic carbocycles. The van der Waals surface area contributed by atoms with E-state index < -0.39 is 30.0 Å². The van der Waals surface area contributed by atoms with E-state index in [1.54, 1.807) is 66.7 Å². The molecule has 1 fully saturated rings. The van der Waals surface area contributed by atoms with Gasteiger partial charge in [-0.3, -0.25) is 14.4 Å². The second-order valence-corrected chi connectivity index (χ2v) is 10.4. The minimum Gasteiger partial charge on any atom is -0.508 e. The highest BCUT2D eigenvalue weighted by molar-refractivity contribution is 8.14. The predicted octanol–water partition coefficient (Wildman–Crippen LogP) is 4.20. The number of aromatic hydroxyl groups is 1. The molecule has 2 unspecified atom stereocenters. The summed E-state index contributed by atoms with van der Waals surface area (Å²) in [6, 6.07) is 21.8. The number of carbonyl (C=O) groups is 4. The quantitative estimate of drug-likeness (QED) is 0.348. The van der Waals surface area contributed by atoms with Gasteiger partial charge in [-0.05, 0) is 24.5 Å². The van der Waals surface area contributed by atoms with E-state index in [1.165, 1.54) is 11.0 Å². The number of carboxylic acids is 1. The fraction of sp³-hybridized carbons (Fsp3) is 0.267. The first kappa shape index (κ1) is 27.9. The lowest BCUT2D eigenvalue weighted by Crippen LogP contribution is -2.52. The molecule has 0 bridgehead atoms. The van der Waals surface area contributed by atoms with Gasteiger partial charge in [0.2, 0.25) is 16.9 Å². The van der Waals surface area contributed by atoms with Gasteiger partial charge in [0.05, 0.1) is 6.04 Å². The van der Waals surface area contributed by atoms with Crippen LogP contribution in [0.2, 0.25) is 0 Å². The molecule has 3 aromatic carbocycles. The molecular weight excluding hydrogens is 516 g/mol. The third kappa shape index (κ3) is 7.06. The van der Waals surface area contributed by atoms with Crippen LogP contribution >= 0.6 is 11.8 Å². The zero-order chi connectivity index (χ0) is 27.8. The number of para-hydroxylation sites is 1. The van der Waals surface area contributed by atoms with Crippen molar-refractivity contribution in [1.29, 1.82) is 0 Å². The van der Waals surface area contributed by atoms with Gasteiger partial charge < -0.3 is 20.4 Å². The zero-order valence-electron chi connectivity index (χ0n) is 21.2. The third-order valence-corrected chi connectivity index (χ3v) is 7.63. The van der Waals surface area contributed by atoms with Crippen LogP contribution in [-0.4, -0.2) is 55.8 Å². The van der Waals surface area contributed by atoms with Gasteiger partial charge in [0.15, 0.2) is 0 Å². The van der Waals surface area contributed by atoms with Gasteiger partial charge in [-0.25, -0.2) is 4.79 Å². The van der Waals surface area contributed by atoms with Crippen LogP contribution in [0.15, 0.2) is 84.9 Å². The maximum Gasteiger partial charge on any atom is 0.326 e. The summed E-state index contributed by atoms with van der Waals surface area (Å²) in [6.45, 7) is 0. The van der Waals surface area contributed by atoms with E-state index in [2.05, 4.69) is 5.32 Å². The molecule has 3 atom stereocenters. The van der Waals surface area contributed by atoms with Crippen LogP contribution in [0.5, 0.6) is 5.75 Å². The van der Waals surface area contributed by atoms with Crippen molar-refractivity contribution in [3.63, 3.8) is 0 Å². The lowest BCUT2D eigenvalue weighted by molar-refractivity contribution is -0.144. The Morgan fingerprint density at radius 2 is 1.54 bits per heavy atom. The number of hydrogen-bond donors (Lipinski definition) is 3. The van der Waals surface area contributed by atoms with Gasteiger partial charge in [-0.2, -0.15) is 0 Å². The Kier molecular flexibility index (Phi) is 9.38. The van der Waals surface area contributed by atoms with Crippen molar-refractivity contribution in [2.45, 2.75) is 43.8 Å². The van der Waals surface area contributed by atoms with Crippen molar-refractivity contribution in [3.8, 4) is 5.75 Å². The normalized spacial score (nSPS) is 17.4. The number of thioether (sulfide) groups is 1. The number of carboxylic acid groups (broad SMARTS) is 1. The van der Waals surface area contributed by atoms with E-state index in [1.807, 2.05) is 12.1 Å². The minimum absolute atomic E-state index is 0.00346. The molecule has 4 rings (SSSR count). The second kappa shape index (κ2) is 13.1. The molecule has 0 saturated carbocycles. The molecular formula is C30H30N2O6S. The molecule has 9 heteroatoms. The first-order valence-corrected chi connectivity index (χ1v) is 13.7. The Balaban J connectivity index is 1.49. The SMILES string of the molecule is O=C(SCCC(=O)N1C(c2ccccc2O)CC[C@H]1C(=O)NC(Cc1ccccc1)C(=O)O)c1ccccc1. The first-order valence-electron chi connectivity index (χ1n) is 12.7. The fourth-order valence-corrected chi connectivity index (χ4v) is 5.59. The summed E-state index contributed by atoms with van der Waals surface area (Å²) < 4.78 is 0. The molecule has 0 spiro atoms. The maximum atomic E-state index is 13.5. The topological polar surface area (TPSA) is 124 Å². The number of nitrogens with one attached hydrogen (secondary N) is 1. The summed E-state index contributed by atoms with van der Waals surface area (Å²) >= 11 is 1.03. The monoisotopic (exact) mass is 546 g/mol. The van der Waals surface area contributed by atoms with E-state index in [0.717, 1.165) is 17.3 Å². The van der Waals surface area contributed by atoms with Crippen LogP contribution in [0.1, 0.15) is 46.8 Å². The largest absolute Gasteiger partial charge is 0.508 e. The van der Waals surface area contributed by atoms with Crippen LogP contribution in [0.3, 0.4) is 0 Å². The number of hydrogen-bond acceptors (Lipinski definition) is 6. The number of nitrogens with zero attached hydrogens (tertiary/aromatic N) is 1. The van der Waals surface area contributed by atoms with Crippen molar-refractivity contribution in [2.75, 3.05) is 5.75 Å². The minimum atomic E-state index is -1.17. The Hall–Kier alpha value is -4.11.